The first kappa shape index (κ1) is 17.9. The molecule has 0 amide bonds. The summed E-state index contributed by atoms with van der Waals surface area (Å²) >= 11 is 0. The lowest BCUT2D eigenvalue weighted by Gasteiger charge is -2.36. The minimum atomic E-state index is -1.43. The molecule has 4 atom stereocenters. The summed E-state index contributed by atoms with van der Waals surface area (Å²) in [5.74, 6) is 1.06. The van der Waals surface area contributed by atoms with Crippen molar-refractivity contribution < 1.29 is 13.7 Å². The summed E-state index contributed by atoms with van der Waals surface area (Å²) in [7, 11) is -1.43. The Bertz CT molecular complexity index is 571. The largest absolute Gasteiger partial charge is 0.459 e. The van der Waals surface area contributed by atoms with Crippen LogP contribution in [0.25, 0.3) is 0 Å². The van der Waals surface area contributed by atoms with E-state index in [9.17, 15) is 9.00 Å². The first-order valence-electron chi connectivity index (χ1n) is 8.17. The van der Waals surface area contributed by atoms with Gasteiger partial charge >= 0.3 is 5.97 Å². The molecular formula is C18H25NO3S. The summed E-state index contributed by atoms with van der Waals surface area (Å²) in [6.45, 7) is 6.55. The first-order valence-corrected chi connectivity index (χ1v) is 9.39. The van der Waals surface area contributed by atoms with Gasteiger partial charge in [0.1, 0.15) is 11.1 Å². The van der Waals surface area contributed by atoms with Crippen LogP contribution in [0, 0.1) is 17.8 Å². The van der Waals surface area contributed by atoms with E-state index in [4.69, 9.17) is 4.74 Å². The number of aromatic nitrogens is 1. The number of esters is 1. The molecule has 23 heavy (non-hydrogen) atoms. The molecule has 4 nitrogen and oxygen atoms in total. The summed E-state index contributed by atoms with van der Waals surface area (Å²) in [6.07, 6.45) is 6.00. The number of pyridine rings is 1. The molecule has 1 aliphatic rings. The van der Waals surface area contributed by atoms with Crippen molar-refractivity contribution in [2.45, 2.75) is 51.2 Å². The minimum Gasteiger partial charge on any atom is -0.459 e. The molecule has 1 aromatic heterocycles. The van der Waals surface area contributed by atoms with Crippen molar-refractivity contribution in [1.29, 1.82) is 0 Å². The maximum absolute atomic E-state index is 12.1. The molecule has 0 bridgehead atoms. The van der Waals surface area contributed by atoms with E-state index in [-0.39, 0.29) is 6.10 Å². The second-order valence-corrected chi connectivity index (χ2v) is 7.85. The van der Waals surface area contributed by atoms with Crippen LogP contribution in [0.1, 0.15) is 40.0 Å². The van der Waals surface area contributed by atoms with Crippen LogP contribution in [-0.4, -0.2) is 21.3 Å². The van der Waals surface area contributed by atoms with E-state index in [1.165, 1.54) is 17.9 Å². The third-order valence-corrected chi connectivity index (χ3v) is 5.44. The van der Waals surface area contributed by atoms with E-state index in [0.717, 1.165) is 12.8 Å². The first-order chi connectivity index (χ1) is 11.0. The van der Waals surface area contributed by atoms with E-state index in [2.05, 4.69) is 25.8 Å². The van der Waals surface area contributed by atoms with Gasteiger partial charge in [0.2, 0.25) is 0 Å². The van der Waals surface area contributed by atoms with Gasteiger partial charge in [-0.2, -0.15) is 0 Å². The van der Waals surface area contributed by atoms with E-state index in [1.807, 2.05) is 0 Å². The zero-order valence-corrected chi connectivity index (χ0v) is 14.8. The fourth-order valence-corrected chi connectivity index (χ4v) is 3.84. The lowest BCUT2D eigenvalue weighted by Crippen LogP contribution is -2.35. The number of carbonyl (C=O) groups is 1. The number of nitrogens with zero attached hydrogens (tertiary/aromatic N) is 1. The van der Waals surface area contributed by atoms with Crippen LogP contribution in [-0.2, 0) is 20.3 Å². The average molecular weight is 335 g/mol. The van der Waals surface area contributed by atoms with Gasteiger partial charge in [0.05, 0.1) is 10.8 Å². The highest BCUT2D eigenvalue weighted by Gasteiger charge is 2.32. The van der Waals surface area contributed by atoms with Crippen LogP contribution in [0.15, 0.2) is 40.9 Å². The molecule has 1 aromatic rings. The van der Waals surface area contributed by atoms with Gasteiger partial charge in [0, 0.05) is 17.7 Å². The normalized spacial score (nSPS) is 26.3. The molecule has 1 heterocycles. The third kappa shape index (κ3) is 5.27. The number of hydrogen-bond donors (Lipinski definition) is 0. The lowest BCUT2D eigenvalue weighted by atomic mass is 9.75. The number of carbonyl (C=O) groups excluding carboxylic acids is 1. The van der Waals surface area contributed by atoms with Gasteiger partial charge in [-0.3, -0.25) is 0 Å². The molecule has 0 aromatic carbocycles. The highest BCUT2D eigenvalue weighted by molar-refractivity contribution is 7.88. The monoisotopic (exact) mass is 335 g/mol. The third-order valence-electron chi connectivity index (χ3n) is 4.40. The Morgan fingerprint density at radius 3 is 2.83 bits per heavy atom. The maximum atomic E-state index is 12.1. The Morgan fingerprint density at radius 2 is 2.17 bits per heavy atom. The van der Waals surface area contributed by atoms with Gasteiger partial charge in [0.25, 0.3) is 0 Å². The molecular weight excluding hydrogens is 310 g/mol. The summed E-state index contributed by atoms with van der Waals surface area (Å²) in [5.41, 5.74) is 0. The van der Waals surface area contributed by atoms with Crippen molar-refractivity contribution in [2.75, 3.05) is 0 Å². The lowest BCUT2D eigenvalue weighted by molar-refractivity contribution is -0.149. The molecule has 0 aliphatic heterocycles. The van der Waals surface area contributed by atoms with Crippen LogP contribution in [0.3, 0.4) is 0 Å². The summed E-state index contributed by atoms with van der Waals surface area (Å²) in [6, 6.07) is 5.20. The molecule has 0 saturated heterocycles. The highest BCUT2D eigenvalue weighted by Crippen LogP contribution is 2.35. The molecule has 1 aliphatic carbocycles. The smallest absolute Gasteiger partial charge is 0.331 e. The van der Waals surface area contributed by atoms with Gasteiger partial charge in [-0.05, 0) is 42.7 Å². The molecule has 1 saturated carbocycles. The van der Waals surface area contributed by atoms with Crippen LogP contribution >= 0.6 is 0 Å². The zero-order chi connectivity index (χ0) is 16.8. The van der Waals surface area contributed by atoms with Crippen molar-refractivity contribution in [3.8, 4) is 0 Å². The van der Waals surface area contributed by atoms with Crippen molar-refractivity contribution in [2.24, 2.45) is 17.8 Å². The second kappa shape index (κ2) is 8.39. The minimum absolute atomic E-state index is 0.0424. The molecule has 126 valence electrons. The molecule has 0 unspecified atom stereocenters. The number of hydrogen-bond acceptors (Lipinski definition) is 4. The Morgan fingerprint density at radius 1 is 1.39 bits per heavy atom. The van der Waals surface area contributed by atoms with Crippen molar-refractivity contribution in [3.05, 3.63) is 35.9 Å². The van der Waals surface area contributed by atoms with Crippen LogP contribution in [0.2, 0.25) is 0 Å². The van der Waals surface area contributed by atoms with Gasteiger partial charge in [-0.25, -0.2) is 14.0 Å². The molecule has 1 fully saturated rings. The predicted octanol–water partition coefficient (Wildman–Crippen LogP) is 3.71. The summed E-state index contributed by atoms with van der Waals surface area (Å²) in [5, 5.41) is 1.78. The Hall–Kier alpha value is -1.49. The fraction of sp³-hybridized carbons (Fsp3) is 0.556. The predicted molar refractivity (Wildman–Crippen MR) is 91.0 cm³/mol. The standard InChI is InChI=1S/C18H25NO3S/c1-13(2)15-8-7-14(3)12-16(15)22-18(20)9-11-23(21)17-6-4-5-10-19-17/h4-6,9-11,13-16H,7-8,12H2,1-3H3/b11-9-/t14-,15+,16+,23-/m0/s1. The molecule has 5 heteroatoms. The van der Waals surface area contributed by atoms with E-state index in [1.54, 1.807) is 24.4 Å². The quantitative estimate of drug-likeness (QED) is 0.608. The average Bonchev–Trinajstić information content (AvgIpc) is 2.53. The van der Waals surface area contributed by atoms with Crippen LogP contribution in [0.4, 0.5) is 0 Å². The Balaban J connectivity index is 1.95. The molecule has 0 N–H and O–H groups in total. The second-order valence-electron chi connectivity index (χ2n) is 6.57. The SMILES string of the molecule is CC(C)[C@H]1CC[C@H](C)C[C@H]1OC(=O)/C=C\[S@](=O)c1ccccn1. The van der Waals surface area contributed by atoms with Crippen molar-refractivity contribution >= 4 is 16.8 Å². The molecule has 2 rings (SSSR count). The Labute approximate surface area is 140 Å². The number of ether oxygens (including phenoxy) is 1. The van der Waals surface area contributed by atoms with Gasteiger partial charge < -0.3 is 4.74 Å². The van der Waals surface area contributed by atoms with E-state index >= 15 is 0 Å². The van der Waals surface area contributed by atoms with Gasteiger partial charge in [-0.1, -0.05) is 33.3 Å². The number of rotatable bonds is 5. The highest BCUT2D eigenvalue weighted by atomic mass is 32.2. The van der Waals surface area contributed by atoms with Crippen molar-refractivity contribution in [3.63, 3.8) is 0 Å². The maximum Gasteiger partial charge on any atom is 0.331 e. The molecule has 0 radical (unpaired) electrons. The van der Waals surface area contributed by atoms with Crippen molar-refractivity contribution in [1.82, 2.24) is 4.98 Å². The van der Waals surface area contributed by atoms with Gasteiger partial charge in [0.15, 0.2) is 0 Å². The zero-order valence-electron chi connectivity index (χ0n) is 14.0. The summed E-state index contributed by atoms with van der Waals surface area (Å²) < 4.78 is 17.7. The topological polar surface area (TPSA) is 56.3 Å². The summed E-state index contributed by atoms with van der Waals surface area (Å²) in [4.78, 5) is 16.1. The van der Waals surface area contributed by atoms with Gasteiger partial charge in [-0.15, -0.1) is 0 Å². The fourth-order valence-electron chi connectivity index (χ4n) is 3.09. The molecule has 0 spiro atoms. The van der Waals surface area contributed by atoms with Crippen LogP contribution in [0.5, 0.6) is 0 Å². The Kier molecular flexibility index (Phi) is 6.51. The van der Waals surface area contributed by atoms with E-state index < -0.39 is 16.8 Å². The van der Waals surface area contributed by atoms with Crippen LogP contribution < -0.4 is 0 Å². The van der Waals surface area contributed by atoms with E-state index in [0.29, 0.717) is 22.8 Å².